The lowest BCUT2D eigenvalue weighted by Gasteiger charge is -2.31. The SMILES string of the molecule is Cn1ncc2c1CCCC2NC(=O)C1CCN(S(N)(=O)=O)CC1. The summed E-state index contributed by atoms with van der Waals surface area (Å²) >= 11 is 0. The number of nitrogens with zero attached hydrogens (tertiary/aromatic N) is 3. The number of nitrogens with two attached hydrogens (primary N) is 1. The maximum Gasteiger partial charge on any atom is 0.276 e. The number of aromatic nitrogens is 2. The molecule has 0 aromatic carbocycles. The van der Waals surface area contributed by atoms with Crippen molar-refractivity contribution in [1.29, 1.82) is 0 Å². The summed E-state index contributed by atoms with van der Waals surface area (Å²) in [5.41, 5.74) is 2.29. The van der Waals surface area contributed by atoms with Gasteiger partial charge in [0.1, 0.15) is 0 Å². The summed E-state index contributed by atoms with van der Waals surface area (Å²) in [6, 6.07) is 0.0104. The van der Waals surface area contributed by atoms with Gasteiger partial charge in [-0.05, 0) is 32.1 Å². The minimum absolute atomic E-state index is 0.000715. The molecule has 1 saturated heterocycles. The van der Waals surface area contributed by atoms with Crippen LogP contribution in [0.5, 0.6) is 0 Å². The molecule has 1 aliphatic heterocycles. The number of hydrogen-bond acceptors (Lipinski definition) is 4. The van der Waals surface area contributed by atoms with E-state index in [2.05, 4.69) is 10.4 Å². The van der Waals surface area contributed by atoms with Crippen LogP contribution in [0.1, 0.15) is 43.0 Å². The predicted octanol–water partition coefficient (Wildman–Crippen LogP) is -0.171. The first-order chi connectivity index (χ1) is 10.9. The fraction of sp³-hybridized carbons (Fsp3) is 0.714. The molecular weight excluding hydrogens is 318 g/mol. The number of fused-ring (bicyclic) bond motifs is 1. The zero-order valence-corrected chi connectivity index (χ0v) is 14.1. The van der Waals surface area contributed by atoms with Crippen molar-refractivity contribution in [3.63, 3.8) is 0 Å². The van der Waals surface area contributed by atoms with E-state index in [-0.39, 0.29) is 17.9 Å². The zero-order valence-electron chi connectivity index (χ0n) is 13.2. The van der Waals surface area contributed by atoms with E-state index >= 15 is 0 Å². The Bertz CT molecular complexity index is 691. The summed E-state index contributed by atoms with van der Waals surface area (Å²) in [6.45, 7) is 0.611. The molecule has 9 heteroatoms. The molecular formula is C14H23N5O3S. The first-order valence-electron chi connectivity index (χ1n) is 7.95. The second-order valence-corrected chi connectivity index (χ2v) is 7.89. The standard InChI is InChI=1S/C14H23N5O3S/c1-18-13-4-2-3-12(11(13)9-16-18)17-14(20)10-5-7-19(8-6-10)23(15,21)22/h9-10,12H,2-8H2,1H3,(H,17,20)(H2,15,21,22). The van der Waals surface area contributed by atoms with E-state index in [9.17, 15) is 13.2 Å². The summed E-state index contributed by atoms with van der Waals surface area (Å²) in [4.78, 5) is 12.5. The Balaban J connectivity index is 1.61. The molecule has 0 saturated carbocycles. The quantitative estimate of drug-likeness (QED) is 0.795. The monoisotopic (exact) mass is 341 g/mol. The number of rotatable bonds is 3. The second-order valence-electron chi connectivity index (χ2n) is 6.34. The molecule has 1 aromatic rings. The van der Waals surface area contributed by atoms with E-state index in [0.717, 1.165) is 24.8 Å². The van der Waals surface area contributed by atoms with Crippen molar-refractivity contribution >= 4 is 16.1 Å². The maximum absolute atomic E-state index is 12.5. The van der Waals surface area contributed by atoms with Gasteiger partial charge in [0.2, 0.25) is 5.91 Å². The maximum atomic E-state index is 12.5. The highest BCUT2D eigenvalue weighted by Gasteiger charge is 2.31. The topological polar surface area (TPSA) is 110 Å². The highest BCUT2D eigenvalue weighted by atomic mass is 32.2. The van der Waals surface area contributed by atoms with Crippen LogP contribution in [-0.2, 0) is 28.5 Å². The Morgan fingerprint density at radius 3 is 2.70 bits per heavy atom. The van der Waals surface area contributed by atoms with Crippen LogP contribution in [0.15, 0.2) is 6.20 Å². The van der Waals surface area contributed by atoms with Crippen molar-refractivity contribution in [2.75, 3.05) is 13.1 Å². The van der Waals surface area contributed by atoms with E-state index in [1.807, 2.05) is 17.9 Å². The number of nitrogens with one attached hydrogen (secondary N) is 1. The molecule has 3 rings (SSSR count). The lowest BCUT2D eigenvalue weighted by Crippen LogP contribution is -2.46. The average Bonchev–Trinajstić information content (AvgIpc) is 2.89. The molecule has 2 aliphatic rings. The van der Waals surface area contributed by atoms with Crippen molar-refractivity contribution in [3.8, 4) is 0 Å². The minimum atomic E-state index is -3.65. The number of amides is 1. The number of hydrogen-bond donors (Lipinski definition) is 2. The van der Waals surface area contributed by atoms with Gasteiger partial charge in [0.05, 0.1) is 12.2 Å². The van der Waals surface area contributed by atoms with Gasteiger partial charge in [0, 0.05) is 37.3 Å². The molecule has 1 atom stereocenters. The fourth-order valence-corrected chi connectivity index (χ4v) is 4.24. The van der Waals surface area contributed by atoms with Gasteiger partial charge in [0.25, 0.3) is 10.2 Å². The molecule has 8 nitrogen and oxygen atoms in total. The second kappa shape index (κ2) is 6.21. The Hall–Kier alpha value is -1.45. The zero-order chi connectivity index (χ0) is 16.6. The molecule has 2 heterocycles. The van der Waals surface area contributed by atoms with Gasteiger partial charge < -0.3 is 5.32 Å². The van der Waals surface area contributed by atoms with Gasteiger partial charge >= 0.3 is 0 Å². The van der Waals surface area contributed by atoms with Crippen molar-refractivity contribution in [3.05, 3.63) is 17.5 Å². The molecule has 1 aromatic heterocycles. The Morgan fingerprint density at radius 2 is 2.04 bits per heavy atom. The lowest BCUT2D eigenvalue weighted by atomic mass is 9.91. The third-order valence-corrected chi connectivity index (χ3v) is 5.96. The van der Waals surface area contributed by atoms with Crippen LogP contribution < -0.4 is 10.5 Å². The third-order valence-electron chi connectivity index (χ3n) is 4.88. The lowest BCUT2D eigenvalue weighted by molar-refractivity contribution is -0.127. The van der Waals surface area contributed by atoms with E-state index in [0.29, 0.717) is 25.9 Å². The third kappa shape index (κ3) is 3.41. The largest absolute Gasteiger partial charge is 0.349 e. The predicted molar refractivity (Wildman–Crippen MR) is 84.4 cm³/mol. The fourth-order valence-electron chi connectivity index (χ4n) is 3.52. The molecule has 128 valence electrons. The van der Waals surface area contributed by atoms with Gasteiger partial charge in [0.15, 0.2) is 0 Å². The number of carbonyl (C=O) groups is 1. The Labute approximate surface area is 136 Å². The van der Waals surface area contributed by atoms with Crippen molar-refractivity contribution < 1.29 is 13.2 Å². The van der Waals surface area contributed by atoms with Gasteiger partial charge in [-0.2, -0.15) is 17.8 Å². The van der Waals surface area contributed by atoms with Crippen LogP contribution >= 0.6 is 0 Å². The van der Waals surface area contributed by atoms with Crippen molar-refractivity contribution in [2.45, 2.75) is 38.1 Å². The molecule has 23 heavy (non-hydrogen) atoms. The van der Waals surface area contributed by atoms with Gasteiger partial charge in [-0.3, -0.25) is 9.48 Å². The molecule has 0 radical (unpaired) electrons. The highest BCUT2D eigenvalue weighted by Crippen LogP contribution is 2.30. The van der Waals surface area contributed by atoms with Crippen LogP contribution in [-0.4, -0.2) is 41.5 Å². The molecule has 1 amide bonds. The van der Waals surface area contributed by atoms with E-state index < -0.39 is 10.2 Å². The minimum Gasteiger partial charge on any atom is -0.349 e. The van der Waals surface area contributed by atoms with Crippen LogP contribution in [0.3, 0.4) is 0 Å². The summed E-state index contributed by atoms with van der Waals surface area (Å²) < 4.78 is 25.7. The number of aryl methyl sites for hydroxylation is 1. The van der Waals surface area contributed by atoms with Crippen molar-refractivity contribution in [2.24, 2.45) is 18.1 Å². The molecule has 1 aliphatic carbocycles. The summed E-state index contributed by atoms with van der Waals surface area (Å²) in [5, 5.41) is 12.5. The van der Waals surface area contributed by atoms with Crippen molar-refractivity contribution in [1.82, 2.24) is 19.4 Å². The normalized spacial score (nSPS) is 23.5. The Morgan fingerprint density at radius 1 is 1.35 bits per heavy atom. The van der Waals surface area contributed by atoms with Crippen LogP contribution in [0.2, 0.25) is 0 Å². The average molecular weight is 341 g/mol. The summed E-state index contributed by atoms with van der Waals surface area (Å²) in [7, 11) is -1.73. The van der Waals surface area contributed by atoms with Gasteiger partial charge in [-0.15, -0.1) is 0 Å². The highest BCUT2D eigenvalue weighted by molar-refractivity contribution is 7.86. The molecule has 0 bridgehead atoms. The summed E-state index contributed by atoms with van der Waals surface area (Å²) in [6.07, 6.45) is 5.79. The number of piperidine rings is 1. The first kappa shape index (κ1) is 16.4. The molecule has 1 unspecified atom stereocenters. The van der Waals surface area contributed by atoms with Crippen LogP contribution in [0, 0.1) is 5.92 Å². The molecule has 1 fully saturated rings. The van der Waals surface area contributed by atoms with E-state index in [1.165, 1.54) is 10.00 Å². The summed E-state index contributed by atoms with van der Waals surface area (Å²) in [5.74, 6) is -0.157. The van der Waals surface area contributed by atoms with E-state index in [4.69, 9.17) is 5.14 Å². The smallest absolute Gasteiger partial charge is 0.276 e. The molecule has 0 spiro atoms. The van der Waals surface area contributed by atoms with E-state index in [1.54, 1.807) is 0 Å². The molecule has 3 N–H and O–H groups in total. The number of carbonyl (C=O) groups excluding carboxylic acids is 1. The first-order valence-corrected chi connectivity index (χ1v) is 9.45. The Kier molecular flexibility index (Phi) is 4.43. The van der Waals surface area contributed by atoms with Crippen LogP contribution in [0.4, 0.5) is 0 Å². The van der Waals surface area contributed by atoms with Crippen LogP contribution in [0.25, 0.3) is 0 Å². The van der Waals surface area contributed by atoms with Gasteiger partial charge in [-0.25, -0.2) is 5.14 Å². The van der Waals surface area contributed by atoms with Gasteiger partial charge in [-0.1, -0.05) is 0 Å².